The van der Waals surface area contributed by atoms with Crippen LogP contribution in [-0.2, 0) is 16.6 Å². The van der Waals surface area contributed by atoms with Crippen molar-refractivity contribution in [3.8, 4) is 0 Å². The van der Waals surface area contributed by atoms with Gasteiger partial charge in [0.05, 0.1) is 11.4 Å². The average molecular weight is 283 g/mol. The van der Waals surface area contributed by atoms with Crippen LogP contribution in [0.4, 0.5) is 0 Å². The van der Waals surface area contributed by atoms with Crippen LogP contribution < -0.4 is 0 Å². The summed E-state index contributed by atoms with van der Waals surface area (Å²) >= 11 is 0. The van der Waals surface area contributed by atoms with Gasteiger partial charge in [-0.3, -0.25) is 4.21 Å². The largest absolute Gasteiger partial charge is 0.360 e. The lowest BCUT2D eigenvalue weighted by Crippen LogP contribution is -2.21. The van der Waals surface area contributed by atoms with Crippen LogP contribution in [-0.4, -0.2) is 15.1 Å². The molecule has 1 aliphatic carbocycles. The Balaban J connectivity index is 1.74. The van der Waals surface area contributed by atoms with Crippen molar-refractivity contribution >= 4 is 10.8 Å². The van der Waals surface area contributed by atoms with E-state index in [1.807, 2.05) is 13.0 Å². The number of aryl methyl sites for hydroxylation is 1. The summed E-state index contributed by atoms with van der Waals surface area (Å²) < 4.78 is 17.2. The maximum Gasteiger partial charge on any atom is 0.149 e. The first-order valence-corrected chi connectivity index (χ1v) is 8.79. The molecule has 0 aromatic carbocycles. The zero-order valence-corrected chi connectivity index (χ0v) is 13.0. The highest BCUT2D eigenvalue weighted by atomic mass is 32.2. The highest BCUT2D eigenvalue weighted by Gasteiger charge is 2.24. The lowest BCUT2D eigenvalue weighted by atomic mass is 9.76. The molecule has 0 aliphatic heterocycles. The van der Waals surface area contributed by atoms with Gasteiger partial charge in [0.2, 0.25) is 0 Å². The van der Waals surface area contributed by atoms with Gasteiger partial charge in [0.15, 0.2) is 0 Å². The van der Waals surface area contributed by atoms with E-state index in [0.29, 0.717) is 5.75 Å². The molecule has 19 heavy (non-hydrogen) atoms. The quantitative estimate of drug-likeness (QED) is 0.827. The molecule has 0 N–H and O–H groups in total. The second kappa shape index (κ2) is 6.69. The molecule has 0 unspecified atom stereocenters. The average Bonchev–Trinajstić information content (AvgIpc) is 2.71. The van der Waals surface area contributed by atoms with Gasteiger partial charge in [0.25, 0.3) is 0 Å². The molecule has 108 valence electrons. The topological polar surface area (TPSA) is 43.1 Å². The predicted molar refractivity (Wildman–Crippen MR) is 78.2 cm³/mol. The molecule has 4 heteroatoms. The molecule has 0 amide bonds. The summed E-state index contributed by atoms with van der Waals surface area (Å²) in [5.41, 5.74) is 0.863. The molecule has 0 radical (unpaired) electrons. The Bertz CT molecular complexity index is 420. The number of hydrogen-bond donors (Lipinski definition) is 0. The molecule has 1 aromatic heterocycles. The molecule has 1 aliphatic rings. The first-order valence-electron chi connectivity index (χ1n) is 7.30. The van der Waals surface area contributed by atoms with Crippen LogP contribution in [0.2, 0.25) is 0 Å². The van der Waals surface area contributed by atoms with Crippen LogP contribution in [0.5, 0.6) is 0 Å². The smallest absolute Gasteiger partial charge is 0.149 e. The van der Waals surface area contributed by atoms with Crippen molar-refractivity contribution in [1.82, 2.24) is 5.16 Å². The fourth-order valence-electron chi connectivity index (χ4n) is 3.36. The van der Waals surface area contributed by atoms with Gasteiger partial charge in [0, 0.05) is 22.6 Å². The normalized spacial score (nSPS) is 29.3. The lowest BCUT2D eigenvalue weighted by molar-refractivity contribution is 0.215. The minimum atomic E-state index is -0.816. The second-order valence-electron chi connectivity index (χ2n) is 6.30. The van der Waals surface area contributed by atoms with Crippen molar-refractivity contribution in [1.29, 1.82) is 0 Å². The third-order valence-electron chi connectivity index (χ3n) is 4.01. The Morgan fingerprint density at radius 3 is 2.58 bits per heavy atom. The Morgan fingerprint density at radius 2 is 2.00 bits per heavy atom. The number of aromatic nitrogens is 1. The van der Waals surface area contributed by atoms with Crippen LogP contribution in [0.3, 0.4) is 0 Å². The SMILES string of the molecule is Cc1cc(C[S@@](=O)CCC2C[C@@H](C)C[C@H](C)C2)on1. The van der Waals surface area contributed by atoms with E-state index in [1.165, 1.54) is 19.3 Å². The van der Waals surface area contributed by atoms with E-state index < -0.39 is 10.8 Å². The van der Waals surface area contributed by atoms with Crippen LogP contribution in [0, 0.1) is 24.7 Å². The van der Waals surface area contributed by atoms with E-state index in [4.69, 9.17) is 4.52 Å². The molecule has 1 heterocycles. The van der Waals surface area contributed by atoms with Crippen molar-refractivity contribution in [2.45, 2.75) is 52.2 Å². The highest BCUT2D eigenvalue weighted by molar-refractivity contribution is 7.84. The van der Waals surface area contributed by atoms with Gasteiger partial charge < -0.3 is 4.52 Å². The molecule has 0 bridgehead atoms. The highest BCUT2D eigenvalue weighted by Crippen LogP contribution is 2.34. The Labute approximate surface area is 118 Å². The molecular formula is C15H25NO2S. The van der Waals surface area contributed by atoms with Crippen molar-refractivity contribution in [2.75, 3.05) is 5.75 Å². The van der Waals surface area contributed by atoms with E-state index in [2.05, 4.69) is 19.0 Å². The maximum atomic E-state index is 12.1. The maximum absolute atomic E-state index is 12.1. The van der Waals surface area contributed by atoms with Crippen LogP contribution in [0.15, 0.2) is 10.6 Å². The van der Waals surface area contributed by atoms with E-state index in [9.17, 15) is 4.21 Å². The second-order valence-corrected chi connectivity index (χ2v) is 7.87. The van der Waals surface area contributed by atoms with E-state index in [1.54, 1.807) is 0 Å². The van der Waals surface area contributed by atoms with Gasteiger partial charge in [-0.15, -0.1) is 0 Å². The molecule has 1 aromatic rings. The van der Waals surface area contributed by atoms with Crippen molar-refractivity contribution in [2.24, 2.45) is 17.8 Å². The molecule has 3 atom stereocenters. The van der Waals surface area contributed by atoms with E-state index >= 15 is 0 Å². The Kier molecular flexibility index (Phi) is 5.20. The Morgan fingerprint density at radius 1 is 1.32 bits per heavy atom. The summed E-state index contributed by atoms with van der Waals surface area (Å²) in [7, 11) is -0.816. The Hall–Kier alpha value is -0.640. The van der Waals surface area contributed by atoms with Crippen molar-refractivity contribution < 1.29 is 8.73 Å². The summed E-state index contributed by atoms with van der Waals surface area (Å²) in [4.78, 5) is 0. The van der Waals surface area contributed by atoms with E-state index in [-0.39, 0.29) is 0 Å². The fraction of sp³-hybridized carbons (Fsp3) is 0.800. The van der Waals surface area contributed by atoms with Gasteiger partial charge in [-0.2, -0.15) is 0 Å². The van der Waals surface area contributed by atoms with Gasteiger partial charge in [0.1, 0.15) is 5.76 Å². The summed E-state index contributed by atoms with van der Waals surface area (Å²) in [6.45, 7) is 6.58. The van der Waals surface area contributed by atoms with Crippen molar-refractivity contribution in [3.05, 3.63) is 17.5 Å². The zero-order chi connectivity index (χ0) is 13.8. The van der Waals surface area contributed by atoms with Crippen LogP contribution >= 0.6 is 0 Å². The molecule has 3 nitrogen and oxygen atoms in total. The third-order valence-corrected chi connectivity index (χ3v) is 5.31. The minimum absolute atomic E-state index is 0.513. The molecule has 0 spiro atoms. The summed E-state index contributed by atoms with van der Waals surface area (Å²) in [5.74, 6) is 4.49. The standard InChI is InChI=1S/C15H25NO2S/c1-11-6-12(2)8-14(7-11)4-5-19(17)10-15-9-13(3)16-18-15/h9,11-12,14H,4-8,10H2,1-3H3/t11-,12-,19-/m0/s1. The van der Waals surface area contributed by atoms with Crippen molar-refractivity contribution in [3.63, 3.8) is 0 Å². The number of rotatable bonds is 5. The lowest BCUT2D eigenvalue weighted by Gasteiger charge is -2.31. The number of hydrogen-bond acceptors (Lipinski definition) is 3. The molecular weight excluding hydrogens is 258 g/mol. The summed E-state index contributed by atoms with van der Waals surface area (Å²) in [5, 5.41) is 3.83. The van der Waals surface area contributed by atoms with Crippen LogP contribution in [0.25, 0.3) is 0 Å². The molecule has 1 fully saturated rings. The number of nitrogens with zero attached hydrogens (tertiary/aromatic N) is 1. The minimum Gasteiger partial charge on any atom is -0.360 e. The third kappa shape index (κ3) is 4.75. The molecule has 2 rings (SSSR count). The summed E-state index contributed by atoms with van der Waals surface area (Å²) in [6, 6.07) is 1.88. The van der Waals surface area contributed by atoms with Gasteiger partial charge >= 0.3 is 0 Å². The fourth-order valence-corrected chi connectivity index (χ4v) is 4.56. The van der Waals surface area contributed by atoms with Crippen LogP contribution in [0.1, 0.15) is 51.0 Å². The van der Waals surface area contributed by atoms with Gasteiger partial charge in [-0.1, -0.05) is 19.0 Å². The zero-order valence-electron chi connectivity index (χ0n) is 12.2. The van der Waals surface area contributed by atoms with Gasteiger partial charge in [-0.05, 0) is 50.4 Å². The monoisotopic (exact) mass is 283 g/mol. The predicted octanol–water partition coefficient (Wildman–Crippen LogP) is 3.69. The van der Waals surface area contributed by atoms with Gasteiger partial charge in [-0.25, -0.2) is 0 Å². The molecule has 1 saturated carbocycles. The first kappa shape index (κ1) is 14.8. The first-order chi connectivity index (χ1) is 9.02. The van der Waals surface area contributed by atoms with E-state index in [0.717, 1.165) is 41.4 Å². The molecule has 0 saturated heterocycles. The summed E-state index contributed by atoms with van der Waals surface area (Å²) in [6.07, 6.45) is 5.07.